The Kier molecular flexibility index (Phi) is 14.0. The molecule has 3 aromatic rings. The van der Waals surface area contributed by atoms with Crippen LogP contribution in [0, 0.1) is 13.8 Å². The molecule has 143 valence electrons. The summed E-state index contributed by atoms with van der Waals surface area (Å²) in [4.78, 5) is 30.9. The number of rotatable bonds is 3. The summed E-state index contributed by atoms with van der Waals surface area (Å²) in [5.74, 6) is 2.43. The summed E-state index contributed by atoms with van der Waals surface area (Å²) in [5, 5.41) is 0. The molecule has 27 heavy (non-hydrogen) atoms. The van der Waals surface area contributed by atoms with E-state index in [1.165, 1.54) is 20.1 Å². The van der Waals surface area contributed by atoms with Crippen molar-refractivity contribution in [3.8, 4) is 0 Å². The molecule has 0 saturated heterocycles. The van der Waals surface area contributed by atoms with Crippen LogP contribution in [0.3, 0.4) is 0 Å². The summed E-state index contributed by atoms with van der Waals surface area (Å²) < 4.78 is 14.5. The van der Waals surface area contributed by atoms with E-state index in [0.29, 0.717) is 29.3 Å². The van der Waals surface area contributed by atoms with Gasteiger partial charge in [-0.2, -0.15) is 6.07 Å². The molecule has 0 fully saturated rings. The molecule has 0 unspecified atom stereocenters. The van der Waals surface area contributed by atoms with E-state index in [4.69, 9.17) is 13.3 Å². The molecule has 0 aliphatic carbocycles. The Morgan fingerprint density at radius 2 is 1.59 bits per heavy atom. The molecule has 0 atom stereocenters. The molecule has 3 heterocycles. The quantitative estimate of drug-likeness (QED) is 0.312. The number of furan rings is 3. The molecule has 0 spiro atoms. The molecular formula is C20H23O6Y-. The second-order valence-electron chi connectivity index (χ2n) is 4.92. The van der Waals surface area contributed by atoms with E-state index in [-0.39, 0.29) is 51.7 Å². The van der Waals surface area contributed by atoms with Crippen LogP contribution in [-0.2, 0) is 32.7 Å². The molecule has 3 aromatic heterocycles. The number of aryl methyl sites for hydroxylation is 1. The van der Waals surface area contributed by atoms with Gasteiger partial charge >= 0.3 is 0 Å². The van der Waals surface area contributed by atoms with Crippen LogP contribution in [0.5, 0.6) is 0 Å². The largest absolute Gasteiger partial charge is 0.493 e. The summed E-state index contributed by atoms with van der Waals surface area (Å²) in [7, 11) is 0. The second kappa shape index (κ2) is 14.0. The zero-order valence-electron chi connectivity index (χ0n) is 14.9. The van der Waals surface area contributed by atoms with Crippen LogP contribution in [0.4, 0.5) is 0 Å². The summed E-state index contributed by atoms with van der Waals surface area (Å²) in [6.45, 7) is 8.23. The van der Waals surface area contributed by atoms with Crippen LogP contribution >= 0.6 is 0 Å². The first kappa shape index (κ1) is 27.0. The van der Waals surface area contributed by atoms with E-state index in [1.807, 2.05) is 6.92 Å². The zero-order valence-corrected chi connectivity index (χ0v) is 17.7. The van der Waals surface area contributed by atoms with Crippen molar-refractivity contribution in [2.24, 2.45) is 0 Å². The SMILES string of the molecule is C.CC(=O)c1ccc(C)o1.CC(=O)c1ccco1.[CH2-]c1ccc(C=O)o1.[Y]. The van der Waals surface area contributed by atoms with Gasteiger partial charge in [-0.25, -0.2) is 6.92 Å². The molecule has 0 aromatic carbocycles. The van der Waals surface area contributed by atoms with Crippen molar-refractivity contribution >= 4 is 17.9 Å². The van der Waals surface area contributed by atoms with Crippen LogP contribution in [0.2, 0.25) is 0 Å². The van der Waals surface area contributed by atoms with Gasteiger partial charge in [0.1, 0.15) is 11.5 Å². The number of hydrogen-bond donors (Lipinski definition) is 0. The standard InChI is InChI=1S/C7H8O2.C6H5O2.C6H6O2.CH4.Y/c1-5-3-4-7(9-5)6(2)8;1-5-2-3-6(4-7)8-5;1-5(7)6-3-2-4-8-6;;/h3-4H,1-2H3;2-4H,1H2;2-4H,1H3;1H4;/q;-1;;;. The van der Waals surface area contributed by atoms with E-state index < -0.39 is 0 Å². The number of ketones is 2. The Labute approximate surface area is 184 Å². The fourth-order valence-electron chi connectivity index (χ4n) is 1.56. The van der Waals surface area contributed by atoms with Gasteiger partial charge in [0.15, 0.2) is 29.4 Å². The number of hydrogen-bond acceptors (Lipinski definition) is 6. The van der Waals surface area contributed by atoms with Crippen LogP contribution < -0.4 is 0 Å². The first-order valence-corrected chi connectivity index (χ1v) is 7.32. The van der Waals surface area contributed by atoms with Crippen LogP contribution in [0.1, 0.15) is 64.5 Å². The molecule has 7 heteroatoms. The van der Waals surface area contributed by atoms with Gasteiger partial charge in [0.25, 0.3) is 0 Å². The molecule has 6 nitrogen and oxygen atoms in total. The van der Waals surface area contributed by atoms with Gasteiger partial charge in [-0.05, 0) is 36.9 Å². The summed E-state index contributed by atoms with van der Waals surface area (Å²) in [6, 6.07) is 10.0. The topological polar surface area (TPSA) is 90.6 Å². The Morgan fingerprint density at radius 1 is 0.963 bits per heavy atom. The maximum atomic E-state index is 10.6. The average Bonchev–Trinajstić information content (AvgIpc) is 3.29. The first-order chi connectivity index (χ1) is 11.8. The smallest absolute Gasteiger partial charge is 0.194 e. The molecule has 0 bridgehead atoms. The van der Waals surface area contributed by atoms with Crippen molar-refractivity contribution in [1.82, 2.24) is 0 Å². The Hall–Kier alpha value is -2.18. The molecule has 0 aliphatic rings. The maximum absolute atomic E-state index is 10.6. The molecule has 0 amide bonds. The van der Waals surface area contributed by atoms with Gasteiger partial charge in [0, 0.05) is 46.6 Å². The summed E-state index contributed by atoms with van der Waals surface area (Å²) >= 11 is 0. The van der Waals surface area contributed by atoms with Gasteiger partial charge < -0.3 is 13.3 Å². The van der Waals surface area contributed by atoms with Crippen LogP contribution in [0.25, 0.3) is 0 Å². The van der Waals surface area contributed by atoms with Gasteiger partial charge in [-0.1, -0.05) is 13.5 Å². The molecule has 3 rings (SSSR count). The Balaban J connectivity index is 0. The average molecular weight is 448 g/mol. The van der Waals surface area contributed by atoms with Crippen molar-refractivity contribution in [3.63, 3.8) is 0 Å². The van der Waals surface area contributed by atoms with E-state index in [9.17, 15) is 14.4 Å². The molecular weight excluding hydrogens is 425 g/mol. The number of aldehydes is 1. The minimum atomic E-state index is -0.0324. The molecule has 0 N–H and O–H groups in total. The van der Waals surface area contributed by atoms with Crippen molar-refractivity contribution in [2.45, 2.75) is 28.2 Å². The predicted molar refractivity (Wildman–Crippen MR) is 97.4 cm³/mol. The molecule has 1 radical (unpaired) electrons. The molecule has 0 aliphatic heterocycles. The van der Waals surface area contributed by atoms with Gasteiger partial charge in [0.2, 0.25) is 0 Å². The second-order valence-corrected chi connectivity index (χ2v) is 4.92. The van der Waals surface area contributed by atoms with Gasteiger partial charge in [-0.3, -0.25) is 14.4 Å². The van der Waals surface area contributed by atoms with Crippen molar-refractivity contribution < 1.29 is 60.3 Å². The fourth-order valence-corrected chi connectivity index (χ4v) is 1.56. The van der Waals surface area contributed by atoms with E-state index in [0.717, 1.165) is 5.76 Å². The number of Topliss-reactive ketones (excluding diaryl/α,β-unsaturated/α-hetero) is 2. The van der Waals surface area contributed by atoms with Crippen molar-refractivity contribution in [3.05, 3.63) is 78.4 Å². The van der Waals surface area contributed by atoms with E-state index in [2.05, 4.69) is 6.92 Å². The van der Waals surface area contributed by atoms with Gasteiger partial charge in [0.05, 0.1) is 6.26 Å². The van der Waals surface area contributed by atoms with Crippen molar-refractivity contribution in [1.29, 1.82) is 0 Å². The van der Waals surface area contributed by atoms with Crippen LogP contribution in [0.15, 0.2) is 55.9 Å². The van der Waals surface area contributed by atoms with Gasteiger partial charge in [-0.15, -0.1) is 0 Å². The van der Waals surface area contributed by atoms with E-state index in [1.54, 1.807) is 36.4 Å². The normalized spacial score (nSPS) is 8.56. The van der Waals surface area contributed by atoms with E-state index >= 15 is 0 Å². The number of carbonyl (C=O) groups is 3. The third-order valence-corrected chi connectivity index (χ3v) is 2.75. The minimum absolute atomic E-state index is 0. The van der Waals surface area contributed by atoms with Crippen molar-refractivity contribution in [2.75, 3.05) is 0 Å². The minimum Gasteiger partial charge on any atom is -0.493 e. The first-order valence-electron chi connectivity index (χ1n) is 7.32. The third kappa shape index (κ3) is 10.5. The fraction of sp³-hybridized carbons (Fsp3) is 0.200. The summed E-state index contributed by atoms with van der Waals surface area (Å²) in [6.07, 6.45) is 2.13. The zero-order chi connectivity index (χ0) is 18.8. The third-order valence-electron chi connectivity index (χ3n) is 2.75. The maximum Gasteiger partial charge on any atom is 0.194 e. The Bertz CT molecular complexity index is 811. The van der Waals surface area contributed by atoms with Crippen LogP contribution in [-0.4, -0.2) is 17.9 Å². The number of carbonyl (C=O) groups excluding carboxylic acids is 3. The Morgan fingerprint density at radius 3 is 1.81 bits per heavy atom. The predicted octanol–water partition coefficient (Wildman–Crippen LogP) is 5.18. The monoisotopic (exact) mass is 448 g/mol. The molecule has 0 saturated carbocycles. The summed E-state index contributed by atoms with van der Waals surface area (Å²) in [5.41, 5.74) is 0.